The van der Waals surface area contributed by atoms with Gasteiger partial charge in [-0.25, -0.2) is 0 Å². The molecule has 0 aromatic heterocycles. The molecule has 6 heteroatoms. The molecule has 2 saturated heterocycles. The summed E-state index contributed by atoms with van der Waals surface area (Å²) in [7, 11) is 0. The highest BCUT2D eigenvalue weighted by Crippen LogP contribution is 2.42. The van der Waals surface area contributed by atoms with E-state index in [0.29, 0.717) is 6.54 Å². The summed E-state index contributed by atoms with van der Waals surface area (Å²) in [6.45, 7) is 7.46. The Bertz CT molecular complexity index is 1270. The molecule has 6 nitrogen and oxygen atoms in total. The maximum atomic E-state index is 11.4. The van der Waals surface area contributed by atoms with Gasteiger partial charge in [0, 0.05) is 31.5 Å². The van der Waals surface area contributed by atoms with Gasteiger partial charge in [-0.05, 0) is 65.9 Å². The molecule has 0 bridgehead atoms. The van der Waals surface area contributed by atoms with Crippen LogP contribution in [0.1, 0.15) is 80.6 Å². The average molecular weight is 557 g/mol. The van der Waals surface area contributed by atoms with Crippen molar-refractivity contribution in [2.24, 2.45) is 5.92 Å². The number of amides is 1. The van der Waals surface area contributed by atoms with Gasteiger partial charge in [0.2, 0.25) is 5.91 Å². The third-order valence-corrected chi connectivity index (χ3v) is 8.47. The first-order chi connectivity index (χ1) is 20.0. The fraction of sp³-hybridized carbons (Fsp3) is 0.457. The van der Waals surface area contributed by atoms with Crippen LogP contribution in [-0.2, 0) is 27.4 Å². The zero-order valence-electron chi connectivity index (χ0n) is 24.4. The molecule has 41 heavy (non-hydrogen) atoms. The molecule has 2 aliphatic heterocycles. The van der Waals surface area contributed by atoms with Crippen LogP contribution in [0.15, 0.2) is 72.8 Å². The van der Waals surface area contributed by atoms with Gasteiger partial charge in [-0.3, -0.25) is 4.79 Å². The molecular formula is C35H44N2O4. The number of hydrogen-bond acceptors (Lipinski definition) is 5. The molecule has 5 rings (SSSR count). The van der Waals surface area contributed by atoms with Crippen LogP contribution < -0.4 is 5.32 Å². The van der Waals surface area contributed by atoms with Crippen molar-refractivity contribution >= 4 is 5.91 Å². The molecule has 4 atom stereocenters. The van der Waals surface area contributed by atoms with Gasteiger partial charge < -0.3 is 24.8 Å². The summed E-state index contributed by atoms with van der Waals surface area (Å²) < 4.78 is 13.5. The lowest BCUT2D eigenvalue weighted by molar-refractivity contribution is -0.276. The summed E-state index contributed by atoms with van der Waals surface area (Å²) in [5, 5.41) is 12.4. The van der Waals surface area contributed by atoms with Crippen molar-refractivity contribution in [2.45, 2.75) is 77.6 Å². The Morgan fingerprint density at radius 1 is 0.854 bits per heavy atom. The number of carbonyl (C=O) groups is 1. The summed E-state index contributed by atoms with van der Waals surface area (Å²) in [6, 6.07) is 24.8. The van der Waals surface area contributed by atoms with Crippen molar-refractivity contribution in [2.75, 3.05) is 19.6 Å². The van der Waals surface area contributed by atoms with Crippen LogP contribution in [0, 0.1) is 5.92 Å². The number of aliphatic hydroxyl groups is 1. The van der Waals surface area contributed by atoms with E-state index in [-0.39, 0.29) is 30.6 Å². The van der Waals surface area contributed by atoms with Crippen molar-refractivity contribution in [3.63, 3.8) is 0 Å². The number of ether oxygens (including phenoxy) is 2. The van der Waals surface area contributed by atoms with Crippen molar-refractivity contribution in [3.05, 3.63) is 95.1 Å². The molecule has 0 saturated carbocycles. The van der Waals surface area contributed by atoms with Gasteiger partial charge in [-0.1, -0.05) is 86.8 Å². The van der Waals surface area contributed by atoms with Crippen molar-refractivity contribution < 1.29 is 19.4 Å². The van der Waals surface area contributed by atoms with E-state index in [1.807, 2.05) is 24.3 Å². The number of nitrogens with one attached hydrogen (secondary N) is 1. The number of rotatable bonds is 8. The second-order valence-electron chi connectivity index (χ2n) is 11.6. The lowest BCUT2D eigenvalue weighted by Gasteiger charge is -2.43. The van der Waals surface area contributed by atoms with Crippen LogP contribution in [0.25, 0.3) is 11.1 Å². The molecule has 1 amide bonds. The van der Waals surface area contributed by atoms with Crippen LogP contribution >= 0.6 is 0 Å². The van der Waals surface area contributed by atoms with Crippen LogP contribution in [-0.4, -0.2) is 41.7 Å². The van der Waals surface area contributed by atoms with Gasteiger partial charge in [-0.2, -0.15) is 0 Å². The van der Waals surface area contributed by atoms with Gasteiger partial charge in [0.15, 0.2) is 6.29 Å². The summed E-state index contributed by atoms with van der Waals surface area (Å²) >= 11 is 0. The predicted octanol–water partition coefficient (Wildman–Crippen LogP) is 6.54. The van der Waals surface area contributed by atoms with Crippen molar-refractivity contribution in [1.29, 1.82) is 0 Å². The third kappa shape index (κ3) is 7.83. The Kier molecular flexibility index (Phi) is 10.2. The highest BCUT2D eigenvalue weighted by atomic mass is 16.7. The van der Waals surface area contributed by atoms with E-state index in [0.717, 1.165) is 53.0 Å². The molecule has 2 aliphatic rings. The van der Waals surface area contributed by atoms with Crippen molar-refractivity contribution in [3.8, 4) is 11.1 Å². The molecule has 2 N–H and O–H groups in total. The first kappa shape index (κ1) is 29.5. The number of carbonyl (C=O) groups excluding carboxylic acids is 1. The average Bonchev–Trinajstić information content (AvgIpc) is 2.98. The van der Waals surface area contributed by atoms with Gasteiger partial charge in [0.05, 0.1) is 18.8 Å². The smallest absolute Gasteiger partial charge is 0.217 e. The maximum absolute atomic E-state index is 11.4. The van der Waals surface area contributed by atoms with E-state index in [4.69, 9.17) is 9.47 Å². The second-order valence-corrected chi connectivity index (χ2v) is 11.6. The Hall–Kier alpha value is -3.03. The van der Waals surface area contributed by atoms with E-state index in [9.17, 15) is 9.90 Å². The Morgan fingerprint density at radius 3 is 2.24 bits per heavy atom. The molecule has 0 radical (unpaired) electrons. The minimum Gasteiger partial charge on any atom is -0.392 e. The minimum absolute atomic E-state index is 0.0281. The first-order valence-electron chi connectivity index (χ1n) is 15.2. The third-order valence-electron chi connectivity index (χ3n) is 8.47. The van der Waals surface area contributed by atoms with Crippen LogP contribution in [0.4, 0.5) is 0 Å². The van der Waals surface area contributed by atoms with Crippen LogP contribution in [0.5, 0.6) is 0 Å². The van der Waals surface area contributed by atoms with E-state index in [1.54, 1.807) is 0 Å². The lowest BCUT2D eigenvalue weighted by atomic mass is 9.89. The quantitative estimate of drug-likeness (QED) is 0.330. The van der Waals surface area contributed by atoms with E-state index in [2.05, 4.69) is 65.7 Å². The molecular weight excluding hydrogens is 512 g/mol. The molecule has 0 aliphatic carbocycles. The summed E-state index contributed by atoms with van der Waals surface area (Å²) in [5.41, 5.74) is 6.24. The summed E-state index contributed by atoms with van der Waals surface area (Å²) in [4.78, 5) is 14.0. The van der Waals surface area contributed by atoms with E-state index in [1.165, 1.54) is 39.0 Å². The Morgan fingerprint density at radius 2 is 1.54 bits per heavy atom. The van der Waals surface area contributed by atoms with Gasteiger partial charge >= 0.3 is 0 Å². The van der Waals surface area contributed by atoms with E-state index >= 15 is 0 Å². The summed E-state index contributed by atoms with van der Waals surface area (Å²) in [5.74, 6) is 0.134. The van der Waals surface area contributed by atoms with Gasteiger partial charge in [-0.15, -0.1) is 0 Å². The molecule has 3 aromatic carbocycles. The minimum atomic E-state index is -0.490. The largest absolute Gasteiger partial charge is 0.392 e. The van der Waals surface area contributed by atoms with Gasteiger partial charge in [0.1, 0.15) is 0 Å². The molecule has 2 heterocycles. The van der Waals surface area contributed by atoms with Crippen LogP contribution in [0.3, 0.4) is 0 Å². The fourth-order valence-electron chi connectivity index (χ4n) is 6.03. The Balaban J connectivity index is 1.41. The lowest BCUT2D eigenvalue weighted by Crippen LogP contribution is -2.45. The van der Waals surface area contributed by atoms with Gasteiger partial charge in [0.25, 0.3) is 0 Å². The molecule has 0 unspecified atom stereocenters. The molecule has 218 valence electrons. The molecule has 2 fully saturated rings. The fourth-order valence-corrected chi connectivity index (χ4v) is 6.03. The number of benzene rings is 3. The zero-order chi connectivity index (χ0) is 28.6. The second kappa shape index (κ2) is 14.2. The van der Waals surface area contributed by atoms with Crippen LogP contribution in [0.2, 0.25) is 0 Å². The monoisotopic (exact) mass is 556 g/mol. The number of aliphatic hydroxyl groups excluding tert-OH is 1. The predicted molar refractivity (Wildman–Crippen MR) is 162 cm³/mol. The number of nitrogens with zero attached hydrogens (tertiary/aromatic N) is 1. The highest BCUT2D eigenvalue weighted by Gasteiger charge is 2.39. The maximum Gasteiger partial charge on any atom is 0.217 e. The first-order valence-corrected chi connectivity index (χ1v) is 15.2. The Labute approximate surface area is 244 Å². The topological polar surface area (TPSA) is 71.0 Å². The normalized spacial score (nSPS) is 23.9. The highest BCUT2D eigenvalue weighted by molar-refractivity contribution is 5.73. The van der Waals surface area contributed by atoms with E-state index < -0.39 is 6.29 Å². The number of likely N-dealkylation sites (tertiary alicyclic amines) is 1. The SMILES string of the molecule is CC(=O)NCc1cccc(-c2cccc([C@@H]3O[C@H](CN4CCCCCCC4)[C@H](C)[C@H](c4ccc(CO)cc4)O3)c2)c1. The van der Waals surface area contributed by atoms with Crippen molar-refractivity contribution in [1.82, 2.24) is 10.2 Å². The zero-order valence-corrected chi connectivity index (χ0v) is 24.4. The summed E-state index contributed by atoms with van der Waals surface area (Å²) in [6.07, 6.45) is 5.87. The standard InChI is InChI=1S/C35H44N2O4/c1-25-33(23-37-18-6-4-3-5-7-19-37)40-35(41-34(25)29-16-14-27(24-38)15-17-29)32-13-9-12-31(21-32)30-11-8-10-28(20-30)22-36-26(2)39/h8-17,20-21,25,33-35,38H,3-7,18-19,22-24H2,1-2H3,(H,36,39)/t25-,33+,34+,35+/m0/s1. The number of hydrogen-bond donors (Lipinski definition) is 2. The molecule has 3 aromatic rings. The molecule has 0 spiro atoms.